The number of carbonyl (C=O) groups is 3. The fraction of sp³-hybridized carbons (Fsp3) is 0.552. The number of hydrogen-bond donors (Lipinski definition) is 2. The van der Waals surface area contributed by atoms with Crippen LogP contribution in [0.1, 0.15) is 53.8 Å². The van der Waals surface area contributed by atoms with Crippen molar-refractivity contribution in [3.63, 3.8) is 0 Å². The number of thiophene rings is 1. The Morgan fingerprint density at radius 1 is 1.10 bits per heavy atom. The average molecular weight is 627 g/mol. The monoisotopic (exact) mass is 626 g/mol. The molecule has 0 radical (unpaired) electrons. The molecule has 3 aliphatic rings. The standard InChI is InChI=1S/C29H34ClF3N4O4S/c30-25-10-9-24(42-25)28(40)34-14-23(36(15-18-3-1-4-18)16-19-5-2-6-19)27(39)35-22-8-7-20(13-21(22)29(31,32)33)37-11-12-41-17-26(37)38/h7-10,13,18-19,23H,1-6,11-12,14-17H2,(H,34,40)(H,35,39)/t23-/m1/s1. The second-order valence-electron chi connectivity index (χ2n) is 11.2. The minimum Gasteiger partial charge on any atom is -0.370 e. The van der Waals surface area contributed by atoms with Crippen LogP contribution in [0.3, 0.4) is 0 Å². The highest BCUT2D eigenvalue weighted by Gasteiger charge is 2.38. The third-order valence-electron chi connectivity index (χ3n) is 8.30. The highest BCUT2D eigenvalue weighted by atomic mass is 35.5. The lowest BCUT2D eigenvalue weighted by molar-refractivity contribution is -0.137. The van der Waals surface area contributed by atoms with Gasteiger partial charge >= 0.3 is 6.18 Å². The Balaban J connectivity index is 1.40. The van der Waals surface area contributed by atoms with Gasteiger partial charge in [-0.2, -0.15) is 13.2 Å². The Morgan fingerprint density at radius 3 is 2.33 bits per heavy atom. The molecule has 1 aliphatic heterocycles. The predicted octanol–water partition coefficient (Wildman–Crippen LogP) is 5.42. The molecule has 0 bridgehead atoms. The zero-order valence-electron chi connectivity index (χ0n) is 23.1. The van der Waals surface area contributed by atoms with Crippen LogP contribution in [-0.4, -0.2) is 68.1 Å². The molecule has 1 aromatic heterocycles. The van der Waals surface area contributed by atoms with Crippen molar-refractivity contribution in [2.24, 2.45) is 11.8 Å². The van der Waals surface area contributed by atoms with Gasteiger partial charge in [-0.15, -0.1) is 11.3 Å². The molecule has 2 saturated carbocycles. The number of anilines is 2. The van der Waals surface area contributed by atoms with Gasteiger partial charge in [0.15, 0.2) is 0 Å². The van der Waals surface area contributed by atoms with E-state index < -0.39 is 41.2 Å². The van der Waals surface area contributed by atoms with Crippen LogP contribution in [0.5, 0.6) is 0 Å². The van der Waals surface area contributed by atoms with Gasteiger partial charge < -0.3 is 20.3 Å². The van der Waals surface area contributed by atoms with Gasteiger partial charge in [-0.05, 0) is 67.9 Å². The number of nitrogens with zero attached hydrogens (tertiary/aromatic N) is 2. The lowest BCUT2D eigenvalue weighted by Gasteiger charge is -2.40. The van der Waals surface area contributed by atoms with Crippen LogP contribution in [0.25, 0.3) is 0 Å². The lowest BCUT2D eigenvalue weighted by Crippen LogP contribution is -2.54. The lowest BCUT2D eigenvalue weighted by atomic mass is 9.82. The van der Waals surface area contributed by atoms with Gasteiger partial charge in [0.05, 0.1) is 27.1 Å². The van der Waals surface area contributed by atoms with E-state index in [4.69, 9.17) is 16.3 Å². The molecule has 1 saturated heterocycles. The maximum absolute atomic E-state index is 14.2. The maximum atomic E-state index is 14.2. The number of morpholine rings is 1. The van der Waals surface area contributed by atoms with Crippen LogP contribution in [0.2, 0.25) is 4.34 Å². The third-order valence-corrected chi connectivity index (χ3v) is 9.53. The van der Waals surface area contributed by atoms with Crippen molar-refractivity contribution in [1.29, 1.82) is 0 Å². The van der Waals surface area contributed by atoms with Crippen molar-refractivity contribution >= 4 is 52.0 Å². The van der Waals surface area contributed by atoms with Crippen molar-refractivity contribution < 1.29 is 32.3 Å². The van der Waals surface area contributed by atoms with Gasteiger partial charge in [-0.25, -0.2) is 0 Å². The molecule has 8 nitrogen and oxygen atoms in total. The summed E-state index contributed by atoms with van der Waals surface area (Å²) in [6, 6.07) is 5.78. The van der Waals surface area contributed by atoms with E-state index in [0.29, 0.717) is 34.1 Å². The summed E-state index contributed by atoms with van der Waals surface area (Å²) in [5, 5.41) is 5.34. The van der Waals surface area contributed by atoms with E-state index in [1.807, 2.05) is 4.90 Å². The normalized spacial score (nSPS) is 18.9. The van der Waals surface area contributed by atoms with E-state index in [1.54, 1.807) is 12.1 Å². The third kappa shape index (κ3) is 7.45. The van der Waals surface area contributed by atoms with Crippen molar-refractivity contribution in [2.75, 3.05) is 49.6 Å². The topological polar surface area (TPSA) is 91.0 Å². The average Bonchev–Trinajstić information content (AvgIpc) is 3.34. The van der Waals surface area contributed by atoms with Gasteiger partial charge in [0.1, 0.15) is 12.6 Å². The van der Waals surface area contributed by atoms with E-state index >= 15 is 0 Å². The minimum atomic E-state index is -4.78. The molecule has 2 aromatic rings. The van der Waals surface area contributed by atoms with Gasteiger partial charge in [0, 0.05) is 31.9 Å². The van der Waals surface area contributed by atoms with Crippen LogP contribution in [0.15, 0.2) is 30.3 Å². The van der Waals surface area contributed by atoms with Crippen LogP contribution in [0.4, 0.5) is 24.5 Å². The number of carbonyl (C=O) groups excluding carboxylic acids is 3. The molecule has 42 heavy (non-hydrogen) atoms. The highest BCUT2D eigenvalue weighted by Crippen LogP contribution is 2.38. The van der Waals surface area contributed by atoms with Gasteiger partial charge in [0.25, 0.3) is 11.8 Å². The van der Waals surface area contributed by atoms with Crippen molar-refractivity contribution in [2.45, 2.75) is 50.7 Å². The van der Waals surface area contributed by atoms with Crippen LogP contribution < -0.4 is 15.5 Å². The summed E-state index contributed by atoms with van der Waals surface area (Å²) >= 11 is 7.09. The van der Waals surface area contributed by atoms with E-state index in [9.17, 15) is 27.6 Å². The quantitative estimate of drug-likeness (QED) is 0.348. The summed E-state index contributed by atoms with van der Waals surface area (Å²) in [4.78, 5) is 42.6. The first-order chi connectivity index (χ1) is 20.1. The van der Waals surface area contributed by atoms with E-state index in [-0.39, 0.29) is 32.0 Å². The molecule has 3 amide bonds. The first-order valence-corrected chi connectivity index (χ1v) is 15.5. The number of amides is 3. The molecule has 1 aromatic carbocycles. The van der Waals surface area contributed by atoms with E-state index in [0.717, 1.165) is 55.9 Å². The number of rotatable bonds is 11. The second kappa shape index (κ2) is 13.3. The Kier molecular flexibility index (Phi) is 9.76. The summed E-state index contributed by atoms with van der Waals surface area (Å²) in [6.07, 6.45) is 1.59. The molecule has 2 N–H and O–H groups in total. The molecule has 0 unspecified atom stereocenters. The number of nitrogens with one attached hydrogen (secondary N) is 2. The molecule has 5 rings (SSSR count). The molecule has 13 heteroatoms. The smallest absolute Gasteiger partial charge is 0.370 e. The Bertz CT molecular complexity index is 1280. The second-order valence-corrected chi connectivity index (χ2v) is 12.9. The summed E-state index contributed by atoms with van der Waals surface area (Å²) in [7, 11) is 0. The minimum absolute atomic E-state index is 0.0681. The Hall–Kier alpha value is -2.67. The predicted molar refractivity (Wildman–Crippen MR) is 155 cm³/mol. The van der Waals surface area contributed by atoms with Gasteiger partial charge in [-0.1, -0.05) is 24.4 Å². The SMILES string of the molecule is O=C(NC[C@H](C(=O)Nc1ccc(N2CCOCC2=O)cc1C(F)(F)F)N(CC1CCC1)CC1CCC1)c1ccc(Cl)s1. The highest BCUT2D eigenvalue weighted by molar-refractivity contribution is 7.18. The summed E-state index contributed by atoms with van der Waals surface area (Å²) < 4.78 is 48.3. The number of hydrogen-bond acceptors (Lipinski definition) is 6. The Labute approximate surface area is 251 Å². The molecule has 228 valence electrons. The van der Waals surface area contributed by atoms with Crippen molar-refractivity contribution in [3.8, 4) is 0 Å². The first-order valence-electron chi connectivity index (χ1n) is 14.3. The number of ether oxygens (including phenoxy) is 1. The maximum Gasteiger partial charge on any atom is 0.418 e. The van der Waals surface area contributed by atoms with Crippen LogP contribution in [0, 0.1) is 11.8 Å². The van der Waals surface area contributed by atoms with Crippen LogP contribution >= 0.6 is 22.9 Å². The van der Waals surface area contributed by atoms with Crippen molar-refractivity contribution in [1.82, 2.24) is 10.2 Å². The van der Waals surface area contributed by atoms with E-state index in [2.05, 4.69) is 10.6 Å². The molecule has 2 heterocycles. The fourth-order valence-electron chi connectivity index (χ4n) is 5.49. The molecule has 2 aliphatic carbocycles. The molecule has 1 atom stereocenters. The number of alkyl halides is 3. The molecule has 0 spiro atoms. The first kappa shape index (κ1) is 30.8. The number of halogens is 4. The zero-order chi connectivity index (χ0) is 29.9. The molecular weight excluding hydrogens is 593 g/mol. The molecular formula is C29H34ClF3N4O4S. The zero-order valence-corrected chi connectivity index (χ0v) is 24.6. The summed E-state index contributed by atoms with van der Waals surface area (Å²) in [5.74, 6) is -0.644. The van der Waals surface area contributed by atoms with Gasteiger partial charge in [0.2, 0.25) is 5.91 Å². The van der Waals surface area contributed by atoms with Crippen LogP contribution in [-0.2, 0) is 20.5 Å². The largest absolute Gasteiger partial charge is 0.418 e. The molecule has 3 fully saturated rings. The summed E-state index contributed by atoms with van der Waals surface area (Å²) in [6.45, 7) is 1.36. The van der Waals surface area contributed by atoms with Gasteiger partial charge in [-0.3, -0.25) is 19.3 Å². The summed E-state index contributed by atoms with van der Waals surface area (Å²) in [5.41, 5.74) is -1.36. The van der Waals surface area contributed by atoms with E-state index in [1.165, 1.54) is 17.0 Å². The fourth-order valence-corrected chi connectivity index (χ4v) is 6.45. The Morgan fingerprint density at radius 2 is 1.79 bits per heavy atom. The van der Waals surface area contributed by atoms with Crippen molar-refractivity contribution in [3.05, 3.63) is 45.1 Å². The number of benzene rings is 1.